The molecule has 0 rings (SSSR count). The van der Waals surface area contributed by atoms with Crippen molar-refractivity contribution in [2.24, 2.45) is 5.92 Å². The monoisotopic (exact) mass is 450 g/mol. The second-order valence-corrected chi connectivity index (χ2v) is 7.38. The molecule has 0 aromatic heterocycles. The number of hydrogen-bond donors (Lipinski definition) is 1. The fraction of sp³-hybridized carbons (Fsp3) is 0.957. The van der Waals surface area contributed by atoms with Gasteiger partial charge in [0.1, 0.15) is 0 Å². The van der Waals surface area contributed by atoms with Crippen LogP contribution in [0, 0.1) is 5.92 Å². The predicted molar refractivity (Wildman–Crippen MR) is 119 cm³/mol. The molecule has 1 unspecified atom stereocenters. The Hall–Kier alpha value is -0.770. The Balaban J connectivity index is 3.07. The zero-order valence-electron chi connectivity index (χ0n) is 19.8. The molecule has 8 nitrogen and oxygen atoms in total. The highest BCUT2D eigenvalue weighted by Gasteiger charge is 2.10. The van der Waals surface area contributed by atoms with Crippen molar-refractivity contribution < 1.29 is 38.3 Å². The molecule has 0 spiro atoms. The van der Waals surface area contributed by atoms with E-state index in [9.17, 15) is 4.79 Å². The Morgan fingerprint density at radius 3 is 1.26 bits per heavy atom. The minimum absolute atomic E-state index is 0.0257. The molecule has 0 radical (unpaired) electrons. The van der Waals surface area contributed by atoms with Crippen LogP contribution in [-0.4, -0.2) is 90.4 Å². The van der Waals surface area contributed by atoms with Gasteiger partial charge in [-0.05, 0) is 38.5 Å². The third kappa shape index (κ3) is 23.7. The van der Waals surface area contributed by atoms with Gasteiger partial charge in [0.2, 0.25) is 0 Å². The van der Waals surface area contributed by atoms with E-state index in [0.717, 1.165) is 38.5 Å². The number of aliphatic hydroxyl groups excluding tert-OH is 1. The summed E-state index contributed by atoms with van der Waals surface area (Å²) in [7, 11) is 0. The van der Waals surface area contributed by atoms with E-state index in [1.165, 1.54) is 0 Å². The molecule has 0 fully saturated rings. The maximum Gasteiger partial charge on any atom is 0.308 e. The minimum atomic E-state index is -0.124. The van der Waals surface area contributed by atoms with Crippen LogP contribution in [0.1, 0.15) is 58.8 Å². The van der Waals surface area contributed by atoms with Crippen molar-refractivity contribution >= 4 is 5.97 Å². The SMILES string of the molecule is CCC(C)C(=O)OCCCOCCCOCCCOCCCOCCCOCCCO. The van der Waals surface area contributed by atoms with Crippen LogP contribution in [0.3, 0.4) is 0 Å². The smallest absolute Gasteiger partial charge is 0.308 e. The van der Waals surface area contributed by atoms with Crippen LogP contribution >= 0.6 is 0 Å². The molecule has 1 atom stereocenters. The maximum atomic E-state index is 11.5. The fourth-order valence-corrected chi connectivity index (χ4v) is 2.37. The summed E-state index contributed by atoms with van der Waals surface area (Å²) in [4.78, 5) is 11.5. The molecule has 1 N–H and O–H groups in total. The van der Waals surface area contributed by atoms with Crippen LogP contribution in [0.2, 0.25) is 0 Å². The Morgan fingerprint density at radius 2 is 0.935 bits per heavy atom. The summed E-state index contributed by atoms with van der Waals surface area (Å²) < 4.78 is 32.6. The van der Waals surface area contributed by atoms with E-state index in [4.69, 9.17) is 33.5 Å². The van der Waals surface area contributed by atoms with Crippen molar-refractivity contribution in [1.29, 1.82) is 0 Å². The van der Waals surface area contributed by atoms with Crippen molar-refractivity contribution in [3.05, 3.63) is 0 Å². The van der Waals surface area contributed by atoms with E-state index in [0.29, 0.717) is 79.1 Å². The Bertz CT molecular complexity index is 367. The molecular weight excluding hydrogens is 404 g/mol. The van der Waals surface area contributed by atoms with Crippen molar-refractivity contribution in [3.8, 4) is 0 Å². The Kier molecular flexibility index (Phi) is 24.9. The van der Waals surface area contributed by atoms with Crippen LogP contribution in [0.25, 0.3) is 0 Å². The zero-order valence-corrected chi connectivity index (χ0v) is 19.8. The van der Waals surface area contributed by atoms with E-state index < -0.39 is 0 Å². The largest absolute Gasteiger partial charge is 0.465 e. The first-order chi connectivity index (χ1) is 15.2. The second kappa shape index (κ2) is 25.5. The van der Waals surface area contributed by atoms with Crippen LogP contribution in [0.4, 0.5) is 0 Å². The molecular formula is C23H46O8. The van der Waals surface area contributed by atoms with Crippen molar-refractivity contribution in [2.45, 2.75) is 58.8 Å². The van der Waals surface area contributed by atoms with Gasteiger partial charge in [-0.25, -0.2) is 0 Å². The molecule has 0 bridgehead atoms. The van der Waals surface area contributed by atoms with E-state index in [-0.39, 0.29) is 18.5 Å². The predicted octanol–water partition coefficient (Wildman–Crippen LogP) is 2.99. The van der Waals surface area contributed by atoms with Gasteiger partial charge < -0.3 is 33.5 Å². The Labute approximate surface area is 188 Å². The van der Waals surface area contributed by atoms with Crippen LogP contribution in [0.15, 0.2) is 0 Å². The van der Waals surface area contributed by atoms with E-state index >= 15 is 0 Å². The van der Waals surface area contributed by atoms with Crippen LogP contribution < -0.4 is 0 Å². The molecule has 0 saturated carbocycles. The van der Waals surface area contributed by atoms with Gasteiger partial charge in [0.05, 0.1) is 12.5 Å². The van der Waals surface area contributed by atoms with Gasteiger partial charge in [0.15, 0.2) is 0 Å². The van der Waals surface area contributed by atoms with Gasteiger partial charge >= 0.3 is 5.97 Å². The lowest BCUT2D eigenvalue weighted by Crippen LogP contribution is -2.15. The van der Waals surface area contributed by atoms with Gasteiger partial charge in [0, 0.05) is 79.1 Å². The summed E-state index contributed by atoms with van der Waals surface area (Å²) in [6.45, 7) is 11.2. The molecule has 0 aliphatic rings. The summed E-state index contributed by atoms with van der Waals surface area (Å²) in [6, 6.07) is 0. The minimum Gasteiger partial charge on any atom is -0.465 e. The van der Waals surface area contributed by atoms with Crippen molar-refractivity contribution in [1.82, 2.24) is 0 Å². The van der Waals surface area contributed by atoms with Gasteiger partial charge in [-0.3, -0.25) is 4.79 Å². The molecule has 0 saturated heterocycles. The summed E-state index contributed by atoms with van der Waals surface area (Å²) in [5.41, 5.74) is 0. The van der Waals surface area contributed by atoms with Gasteiger partial charge in [0.25, 0.3) is 0 Å². The molecule has 8 heteroatoms. The number of aliphatic hydroxyl groups is 1. The molecule has 186 valence electrons. The lowest BCUT2D eigenvalue weighted by Gasteiger charge is -2.09. The first-order valence-electron chi connectivity index (χ1n) is 11.9. The first kappa shape index (κ1) is 30.2. The number of hydrogen-bond acceptors (Lipinski definition) is 8. The summed E-state index contributed by atoms with van der Waals surface area (Å²) in [6.07, 6.45) is 5.73. The van der Waals surface area contributed by atoms with Crippen molar-refractivity contribution in [3.63, 3.8) is 0 Å². The topological polar surface area (TPSA) is 92.7 Å². The molecule has 0 heterocycles. The lowest BCUT2D eigenvalue weighted by molar-refractivity contribution is -0.148. The second-order valence-electron chi connectivity index (χ2n) is 7.38. The van der Waals surface area contributed by atoms with Crippen LogP contribution in [0.5, 0.6) is 0 Å². The average molecular weight is 451 g/mol. The van der Waals surface area contributed by atoms with Gasteiger partial charge in [-0.15, -0.1) is 0 Å². The molecule has 31 heavy (non-hydrogen) atoms. The number of carbonyl (C=O) groups is 1. The van der Waals surface area contributed by atoms with E-state index in [1.807, 2.05) is 13.8 Å². The van der Waals surface area contributed by atoms with E-state index in [2.05, 4.69) is 0 Å². The normalized spacial score (nSPS) is 12.2. The summed E-state index contributed by atoms with van der Waals surface area (Å²) >= 11 is 0. The third-order valence-corrected chi connectivity index (χ3v) is 4.45. The Morgan fingerprint density at radius 1 is 0.613 bits per heavy atom. The molecule has 0 aromatic carbocycles. The average Bonchev–Trinajstić information content (AvgIpc) is 2.78. The highest BCUT2D eigenvalue weighted by Crippen LogP contribution is 2.03. The molecule has 0 amide bonds. The number of esters is 1. The number of rotatable bonds is 25. The number of carbonyl (C=O) groups excluding carboxylic acids is 1. The molecule has 0 aliphatic carbocycles. The van der Waals surface area contributed by atoms with Crippen LogP contribution in [-0.2, 0) is 33.2 Å². The zero-order chi connectivity index (χ0) is 22.8. The maximum absolute atomic E-state index is 11.5. The highest BCUT2D eigenvalue weighted by molar-refractivity contribution is 5.71. The molecule has 0 aliphatic heterocycles. The number of ether oxygens (including phenoxy) is 6. The summed E-state index contributed by atoms with van der Waals surface area (Å²) in [5.74, 6) is -0.150. The van der Waals surface area contributed by atoms with Gasteiger partial charge in [-0.1, -0.05) is 13.8 Å². The van der Waals surface area contributed by atoms with Crippen molar-refractivity contribution in [2.75, 3.05) is 79.3 Å². The first-order valence-corrected chi connectivity index (χ1v) is 11.9. The standard InChI is InChI=1S/C23H46O8/c1-3-22(2)23(25)31-21-9-20-30-19-8-18-29-17-7-16-28-15-6-14-27-13-5-12-26-11-4-10-24/h22,24H,3-21H2,1-2H3. The quantitative estimate of drug-likeness (QED) is 0.168. The fourth-order valence-electron chi connectivity index (χ4n) is 2.37. The van der Waals surface area contributed by atoms with E-state index in [1.54, 1.807) is 0 Å². The third-order valence-electron chi connectivity index (χ3n) is 4.45. The molecule has 0 aromatic rings. The summed E-state index contributed by atoms with van der Waals surface area (Å²) in [5, 5.41) is 8.62. The van der Waals surface area contributed by atoms with Gasteiger partial charge in [-0.2, -0.15) is 0 Å². The highest BCUT2D eigenvalue weighted by atomic mass is 16.5. The lowest BCUT2D eigenvalue weighted by atomic mass is 10.1.